The van der Waals surface area contributed by atoms with Crippen LogP contribution < -0.4 is 5.32 Å². The first kappa shape index (κ1) is 14.5. The molecule has 0 saturated heterocycles. The minimum atomic E-state index is 0.0814. The van der Waals surface area contributed by atoms with E-state index in [1.54, 1.807) is 25.6 Å². The largest absolute Gasteiger partial charge is 0.382 e. The van der Waals surface area contributed by atoms with Gasteiger partial charge in [0.2, 0.25) is 0 Å². The molecule has 1 N–H and O–H groups in total. The maximum atomic E-state index is 5.32. The van der Waals surface area contributed by atoms with Crippen LogP contribution in [0.3, 0.4) is 0 Å². The SMILES string of the molecule is COCC(CNCc1c(C)nc2sc(C)cn12)OC. The molecule has 0 radical (unpaired) electrons. The first-order valence-electron chi connectivity index (χ1n) is 6.32. The van der Waals surface area contributed by atoms with Gasteiger partial charge in [0.05, 0.1) is 24.1 Å². The van der Waals surface area contributed by atoms with Gasteiger partial charge in [0.1, 0.15) is 0 Å². The molecule has 2 aromatic rings. The van der Waals surface area contributed by atoms with Gasteiger partial charge in [-0.05, 0) is 13.8 Å². The fourth-order valence-corrected chi connectivity index (χ4v) is 2.96. The summed E-state index contributed by atoms with van der Waals surface area (Å²) >= 11 is 1.72. The number of nitrogens with one attached hydrogen (secondary N) is 1. The summed E-state index contributed by atoms with van der Waals surface area (Å²) in [4.78, 5) is 6.91. The van der Waals surface area contributed by atoms with E-state index in [-0.39, 0.29) is 6.10 Å². The fourth-order valence-electron chi connectivity index (χ4n) is 2.07. The van der Waals surface area contributed by atoms with Crippen molar-refractivity contribution in [1.29, 1.82) is 0 Å². The van der Waals surface area contributed by atoms with E-state index in [0.29, 0.717) is 6.61 Å². The average molecular weight is 283 g/mol. The van der Waals surface area contributed by atoms with E-state index < -0.39 is 0 Å². The molecule has 0 bridgehead atoms. The first-order valence-corrected chi connectivity index (χ1v) is 7.13. The molecule has 6 heteroatoms. The van der Waals surface area contributed by atoms with Gasteiger partial charge in [0.25, 0.3) is 0 Å². The predicted octanol–water partition coefficient (Wildman–Crippen LogP) is 1.76. The molecule has 2 heterocycles. The maximum absolute atomic E-state index is 5.32. The number of imidazole rings is 1. The number of hydrogen-bond acceptors (Lipinski definition) is 5. The van der Waals surface area contributed by atoms with Gasteiger partial charge in [-0.2, -0.15) is 0 Å². The minimum absolute atomic E-state index is 0.0814. The normalized spacial score (nSPS) is 13.3. The van der Waals surface area contributed by atoms with Crippen molar-refractivity contribution in [3.8, 4) is 0 Å². The number of aromatic nitrogens is 2. The van der Waals surface area contributed by atoms with E-state index in [4.69, 9.17) is 9.47 Å². The van der Waals surface area contributed by atoms with Gasteiger partial charge >= 0.3 is 0 Å². The van der Waals surface area contributed by atoms with Crippen LogP contribution in [-0.2, 0) is 16.0 Å². The van der Waals surface area contributed by atoms with Crippen molar-refractivity contribution >= 4 is 16.3 Å². The highest BCUT2D eigenvalue weighted by Gasteiger charge is 2.12. The number of ether oxygens (including phenoxy) is 2. The monoisotopic (exact) mass is 283 g/mol. The third kappa shape index (κ3) is 3.33. The summed E-state index contributed by atoms with van der Waals surface area (Å²) in [6.45, 7) is 6.30. The van der Waals surface area contributed by atoms with Gasteiger partial charge in [-0.1, -0.05) is 0 Å². The summed E-state index contributed by atoms with van der Waals surface area (Å²) in [5.74, 6) is 0. The lowest BCUT2D eigenvalue weighted by Crippen LogP contribution is -2.31. The van der Waals surface area contributed by atoms with Gasteiger partial charge in [0, 0.05) is 38.4 Å². The van der Waals surface area contributed by atoms with Crippen molar-refractivity contribution in [2.45, 2.75) is 26.5 Å². The topological polar surface area (TPSA) is 47.8 Å². The van der Waals surface area contributed by atoms with E-state index in [9.17, 15) is 0 Å². The quantitative estimate of drug-likeness (QED) is 0.841. The van der Waals surface area contributed by atoms with E-state index in [0.717, 1.165) is 23.7 Å². The van der Waals surface area contributed by atoms with Crippen molar-refractivity contribution in [3.05, 3.63) is 22.5 Å². The molecule has 0 aromatic carbocycles. The molecule has 1 atom stereocenters. The molecule has 1 unspecified atom stereocenters. The highest BCUT2D eigenvalue weighted by Crippen LogP contribution is 2.20. The van der Waals surface area contributed by atoms with E-state index in [2.05, 4.69) is 34.7 Å². The molecule has 2 rings (SSSR count). The zero-order valence-electron chi connectivity index (χ0n) is 11.9. The Morgan fingerprint density at radius 2 is 2.21 bits per heavy atom. The van der Waals surface area contributed by atoms with Crippen molar-refractivity contribution < 1.29 is 9.47 Å². The molecule has 0 fully saturated rings. The second-order valence-electron chi connectivity index (χ2n) is 4.58. The maximum Gasteiger partial charge on any atom is 0.194 e. The number of aryl methyl sites for hydroxylation is 2. The Bertz CT molecular complexity index is 535. The molecule has 19 heavy (non-hydrogen) atoms. The standard InChI is InChI=1S/C13H21N3O2S/c1-9-7-16-12(10(2)15-13(16)19-9)6-14-5-11(18-4)8-17-3/h7,11,14H,5-6,8H2,1-4H3. The lowest BCUT2D eigenvalue weighted by molar-refractivity contribution is 0.0287. The van der Waals surface area contributed by atoms with Crippen LogP contribution in [0.25, 0.3) is 4.96 Å². The van der Waals surface area contributed by atoms with E-state index in [1.165, 1.54) is 10.6 Å². The molecule has 0 amide bonds. The van der Waals surface area contributed by atoms with Gasteiger partial charge in [0.15, 0.2) is 4.96 Å². The molecule has 0 aliphatic carbocycles. The average Bonchev–Trinajstić information content (AvgIpc) is 2.85. The Hall–Kier alpha value is -0.950. The molecule has 0 aliphatic rings. The molecule has 0 saturated carbocycles. The van der Waals surface area contributed by atoms with Crippen molar-refractivity contribution in [1.82, 2.24) is 14.7 Å². The lowest BCUT2D eigenvalue weighted by atomic mass is 10.3. The Morgan fingerprint density at radius 1 is 1.42 bits per heavy atom. The van der Waals surface area contributed by atoms with Gasteiger partial charge in [-0.25, -0.2) is 4.98 Å². The lowest BCUT2D eigenvalue weighted by Gasteiger charge is -2.15. The van der Waals surface area contributed by atoms with Crippen molar-refractivity contribution in [2.75, 3.05) is 27.4 Å². The molecule has 106 valence electrons. The minimum Gasteiger partial charge on any atom is -0.382 e. The van der Waals surface area contributed by atoms with Crippen LogP contribution in [0.1, 0.15) is 16.3 Å². The summed E-state index contributed by atoms with van der Waals surface area (Å²) in [7, 11) is 3.39. The smallest absolute Gasteiger partial charge is 0.194 e. The molecule has 2 aromatic heterocycles. The Balaban J connectivity index is 1.99. The number of thiazole rings is 1. The summed E-state index contributed by atoms with van der Waals surface area (Å²) < 4.78 is 12.6. The Kier molecular flexibility index (Phi) is 4.93. The second kappa shape index (κ2) is 6.47. The van der Waals surface area contributed by atoms with E-state index in [1.807, 2.05) is 0 Å². The molecular formula is C13H21N3O2S. The highest BCUT2D eigenvalue weighted by molar-refractivity contribution is 7.17. The van der Waals surface area contributed by atoms with Crippen LogP contribution in [0, 0.1) is 13.8 Å². The Labute approximate surface area is 117 Å². The third-order valence-corrected chi connectivity index (χ3v) is 3.99. The van der Waals surface area contributed by atoms with Crippen LogP contribution in [0.5, 0.6) is 0 Å². The third-order valence-electron chi connectivity index (χ3n) is 3.09. The zero-order chi connectivity index (χ0) is 13.8. The Morgan fingerprint density at radius 3 is 2.89 bits per heavy atom. The zero-order valence-corrected chi connectivity index (χ0v) is 12.7. The number of methoxy groups -OCH3 is 2. The number of hydrogen-bond donors (Lipinski definition) is 1. The summed E-state index contributed by atoms with van der Waals surface area (Å²) in [6, 6.07) is 0. The second-order valence-corrected chi connectivity index (χ2v) is 5.80. The predicted molar refractivity (Wildman–Crippen MR) is 76.9 cm³/mol. The molecule has 5 nitrogen and oxygen atoms in total. The van der Waals surface area contributed by atoms with Crippen LogP contribution in [0.15, 0.2) is 6.20 Å². The molecule has 0 aliphatic heterocycles. The summed E-state index contributed by atoms with van der Waals surface area (Å²) in [6.07, 6.45) is 2.22. The number of rotatable bonds is 7. The van der Waals surface area contributed by atoms with Crippen LogP contribution in [0.2, 0.25) is 0 Å². The van der Waals surface area contributed by atoms with Gasteiger partial charge in [-0.15, -0.1) is 11.3 Å². The number of fused-ring (bicyclic) bond motifs is 1. The van der Waals surface area contributed by atoms with Gasteiger partial charge < -0.3 is 14.8 Å². The van der Waals surface area contributed by atoms with Crippen molar-refractivity contribution in [2.24, 2.45) is 0 Å². The van der Waals surface area contributed by atoms with Crippen LogP contribution >= 0.6 is 11.3 Å². The van der Waals surface area contributed by atoms with Crippen LogP contribution in [0.4, 0.5) is 0 Å². The molecular weight excluding hydrogens is 262 g/mol. The number of nitrogens with zero attached hydrogens (tertiary/aromatic N) is 2. The first-order chi connectivity index (χ1) is 9.15. The van der Waals surface area contributed by atoms with Crippen molar-refractivity contribution in [3.63, 3.8) is 0 Å². The van der Waals surface area contributed by atoms with E-state index >= 15 is 0 Å². The van der Waals surface area contributed by atoms with Crippen LogP contribution in [-0.4, -0.2) is 42.9 Å². The van der Waals surface area contributed by atoms with Gasteiger partial charge in [-0.3, -0.25) is 4.40 Å². The fraction of sp³-hybridized carbons (Fsp3) is 0.615. The molecule has 0 spiro atoms. The summed E-state index contributed by atoms with van der Waals surface area (Å²) in [5, 5.41) is 3.40. The highest BCUT2D eigenvalue weighted by atomic mass is 32.1. The summed E-state index contributed by atoms with van der Waals surface area (Å²) in [5.41, 5.74) is 2.30.